The van der Waals surface area contributed by atoms with Gasteiger partial charge in [-0.05, 0) is 35.9 Å². The number of fused-ring (bicyclic) bond motifs is 1. The van der Waals surface area contributed by atoms with Crippen molar-refractivity contribution in [1.29, 1.82) is 0 Å². The maximum absolute atomic E-state index is 12.9. The van der Waals surface area contributed by atoms with Crippen LogP contribution in [0.1, 0.15) is 11.1 Å². The van der Waals surface area contributed by atoms with E-state index in [-0.39, 0.29) is 5.69 Å². The van der Waals surface area contributed by atoms with Gasteiger partial charge in [0, 0.05) is 0 Å². The third-order valence-electron chi connectivity index (χ3n) is 3.20. The Labute approximate surface area is 130 Å². The number of benzene rings is 2. The Balaban J connectivity index is 1.75. The van der Waals surface area contributed by atoms with E-state index in [1.165, 1.54) is 24.4 Å². The van der Waals surface area contributed by atoms with Crippen LogP contribution < -0.4 is 14.9 Å². The van der Waals surface area contributed by atoms with E-state index in [0.29, 0.717) is 30.3 Å². The van der Waals surface area contributed by atoms with Crippen molar-refractivity contribution in [2.24, 2.45) is 5.10 Å². The van der Waals surface area contributed by atoms with Gasteiger partial charge in [-0.25, -0.2) is 0 Å². The lowest BCUT2D eigenvalue weighted by Crippen LogP contribution is -2.15. The van der Waals surface area contributed by atoms with Crippen LogP contribution in [0.5, 0.6) is 11.5 Å². The Morgan fingerprint density at radius 1 is 1.00 bits per heavy atom. The van der Waals surface area contributed by atoms with Crippen molar-refractivity contribution in [3.63, 3.8) is 0 Å². The minimum atomic E-state index is -4.43. The molecular formula is C16H13F3N2O2. The number of nitrogens with one attached hydrogen (secondary N) is 1. The van der Waals surface area contributed by atoms with Crippen LogP contribution in [-0.2, 0) is 6.18 Å². The summed E-state index contributed by atoms with van der Waals surface area (Å²) in [4.78, 5) is 0. The lowest BCUT2D eigenvalue weighted by Gasteiger charge is -2.18. The second-order valence-electron chi connectivity index (χ2n) is 4.82. The number of hydrogen-bond donors (Lipinski definition) is 1. The molecule has 0 atom stereocenters. The van der Waals surface area contributed by atoms with E-state index in [2.05, 4.69) is 10.5 Å². The number of ether oxygens (including phenoxy) is 2. The van der Waals surface area contributed by atoms with Crippen molar-refractivity contribution < 1.29 is 22.6 Å². The molecule has 4 nitrogen and oxygen atoms in total. The molecular weight excluding hydrogens is 309 g/mol. The summed E-state index contributed by atoms with van der Waals surface area (Å²) in [6, 6.07) is 10.4. The van der Waals surface area contributed by atoms with Gasteiger partial charge in [-0.3, -0.25) is 5.43 Å². The molecule has 0 saturated carbocycles. The van der Waals surface area contributed by atoms with Crippen molar-refractivity contribution in [3.8, 4) is 11.5 Å². The number of para-hydroxylation sites is 1. The second-order valence-corrected chi connectivity index (χ2v) is 4.82. The molecule has 1 N–H and O–H groups in total. The molecule has 1 heterocycles. The fourth-order valence-electron chi connectivity index (χ4n) is 2.14. The number of anilines is 1. The van der Waals surface area contributed by atoms with E-state index in [1.807, 2.05) is 0 Å². The topological polar surface area (TPSA) is 42.9 Å². The van der Waals surface area contributed by atoms with Crippen molar-refractivity contribution in [2.75, 3.05) is 18.6 Å². The van der Waals surface area contributed by atoms with Crippen LogP contribution >= 0.6 is 0 Å². The zero-order valence-electron chi connectivity index (χ0n) is 11.9. The van der Waals surface area contributed by atoms with E-state index < -0.39 is 11.7 Å². The van der Waals surface area contributed by atoms with Crippen LogP contribution in [0.4, 0.5) is 18.9 Å². The second kappa shape index (κ2) is 6.20. The predicted octanol–water partition coefficient (Wildman–Crippen LogP) is 3.92. The van der Waals surface area contributed by atoms with Gasteiger partial charge in [0.1, 0.15) is 13.2 Å². The van der Waals surface area contributed by atoms with Gasteiger partial charge in [-0.2, -0.15) is 18.3 Å². The van der Waals surface area contributed by atoms with Crippen LogP contribution in [0.3, 0.4) is 0 Å². The molecule has 120 valence electrons. The summed E-state index contributed by atoms with van der Waals surface area (Å²) in [6.07, 6.45) is -3.01. The highest BCUT2D eigenvalue weighted by Gasteiger charge is 2.33. The van der Waals surface area contributed by atoms with E-state index in [0.717, 1.165) is 6.07 Å². The SMILES string of the molecule is FC(F)(F)c1ccccc1N/N=C/c1ccc2c(c1)OCCO2. The number of hydrazone groups is 1. The Bertz CT molecular complexity index is 730. The fourth-order valence-corrected chi connectivity index (χ4v) is 2.14. The first-order valence-electron chi connectivity index (χ1n) is 6.89. The molecule has 2 aromatic rings. The summed E-state index contributed by atoms with van der Waals surface area (Å²) in [5.74, 6) is 1.24. The van der Waals surface area contributed by atoms with Gasteiger partial charge in [0.05, 0.1) is 17.5 Å². The summed E-state index contributed by atoms with van der Waals surface area (Å²) in [5.41, 5.74) is 2.24. The van der Waals surface area contributed by atoms with Crippen molar-refractivity contribution in [3.05, 3.63) is 53.6 Å². The van der Waals surface area contributed by atoms with Gasteiger partial charge in [0.25, 0.3) is 0 Å². The molecule has 0 aromatic heterocycles. The van der Waals surface area contributed by atoms with Gasteiger partial charge in [-0.15, -0.1) is 0 Å². The third-order valence-corrected chi connectivity index (χ3v) is 3.20. The van der Waals surface area contributed by atoms with Crippen LogP contribution in [0.25, 0.3) is 0 Å². The molecule has 1 aliphatic heterocycles. The quantitative estimate of drug-likeness (QED) is 0.688. The Morgan fingerprint density at radius 2 is 1.74 bits per heavy atom. The molecule has 0 saturated heterocycles. The summed E-state index contributed by atoms with van der Waals surface area (Å²) in [7, 11) is 0. The van der Waals surface area contributed by atoms with Gasteiger partial charge in [0.15, 0.2) is 11.5 Å². The maximum Gasteiger partial charge on any atom is 0.418 e. The Kier molecular flexibility index (Phi) is 4.10. The van der Waals surface area contributed by atoms with Crippen molar-refractivity contribution in [1.82, 2.24) is 0 Å². The largest absolute Gasteiger partial charge is 0.486 e. The monoisotopic (exact) mass is 322 g/mol. The average molecular weight is 322 g/mol. The highest BCUT2D eigenvalue weighted by molar-refractivity contribution is 5.81. The molecule has 0 radical (unpaired) electrons. The predicted molar refractivity (Wildman–Crippen MR) is 80.1 cm³/mol. The van der Waals surface area contributed by atoms with Crippen LogP contribution in [0.15, 0.2) is 47.6 Å². The van der Waals surface area contributed by atoms with E-state index >= 15 is 0 Å². The minimum Gasteiger partial charge on any atom is -0.486 e. The normalized spacial score (nSPS) is 14.0. The minimum absolute atomic E-state index is 0.103. The summed E-state index contributed by atoms with van der Waals surface area (Å²) in [6.45, 7) is 0.959. The first kappa shape index (κ1) is 15.2. The molecule has 3 rings (SSSR count). The van der Waals surface area contributed by atoms with Gasteiger partial charge >= 0.3 is 6.18 Å². The zero-order valence-corrected chi connectivity index (χ0v) is 11.9. The number of rotatable bonds is 3. The van der Waals surface area contributed by atoms with Gasteiger partial charge < -0.3 is 9.47 Å². The molecule has 0 bridgehead atoms. The highest BCUT2D eigenvalue weighted by Crippen LogP contribution is 2.34. The molecule has 0 spiro atoms. The number of halogens is 3. The molecule has 0 fully saturated rings. The molecule has 0 amide bonds. The summed E-state index contributed by atoms with van der Waals surface area (Å²) >= 11 is 0. The highest BCUT2D eigenvalue weighted by atomic mass is 19.4. The fraction of sp³-hybridized carbons (Fsp3) is 0.188. The first-order valence-corrected chi connectivity index (χ1v) is 6.89. The summed E-state index contributed by atoms with van der Waals surface area (Å²) < 4.78 is 49.4. The first-order chi connectivity index (χ1) is 11.0. The summed E-state index contributed by atoms with van der Waals surface area (Å²) in [5, 5.41) is 3.86. The molecule has 7 heteroatoms. The van der Waals surface area contributed by atoms with Crippen LogP contribution in [-0.4, -0.2) is 19.4 Å². The van der Waals surface area contributed by atoms with Gasteiger partial charge in [-0.1, -0.05) is 12.1 Å². The number of nitrogens with zero attached hydrogens (tertiary/aromatic N) is 1. The smallest absolute Gasteiger partial charge is 0.418 e. The zero-order chi connectivity index (χ0) is 16.3. The van der Waals surface area contributed by atoms with E-state index in [9.17, 15) is 13.2 Å². The molecule has 2 aromatic carbocycles. The lowest BCUT2D eigenvalue weighted by molar-refractivity contribution is -0.136. The van der Waals surface area contributed by atoms with Crippen LogP contribution in [0.2, 0.25) is 0 Å². The van der Waals surface area contributed by atoms with E-state index in [4.69, 9.17) is 9.47 Å². The molecule has 1 aliphatic rings. The average Bonchev–Trinajstić information content (AvgIpc) is 2.54. The molecule has 0 aliphatic carbocycles. The maximum atomic E-state index is 12.9. The van der Waals surface area contributed by atoms with Gasteiger partial charge in [0.2, 0.25) is 0 Å². The molecule has 0 unspecified atom stereocenters. The lowest BCUT2D eigenvalue weighted by atomic mass is 10.2. The van der Waals surface area contributed by atoms with Crippen LogP contribution in [0, 0.1) is 0 Å². The van der Waals surface area contributed by atoms with E-state index in [1.54, 1.807) is 18.2 Å². The molecule has 23 heavy (non-hydrogen) atoms. The number of hydrogen-bond acceptors (Lipinski definition) is 4. The standard InChI is InChI=1S/C16H13F3N2O2/c17-16(18,19)12-3-1-2-4-13(12)21-20-10-11-5-6-14-15(9-11)23-8-7-22-14/h1-6,9-10,21H,7-8H2/b20-10+. The van der Waals surface area contributed by atoms with Crippen molar-refractivity contribution in [2.45, 2.75) is 6.18 Å². The van der Waals surface area contributed by atoms with Crippen molar-refractivity contribution >= 4 is 11.9 Å². The third kappa shape index (κ3) is 3.56. The Hall–Kier alpha value is -2.70. The number of alkyl halides is 3. The Morgan fingerprint density at radius 3 is 2.52 bits per heavy atom.